The maximum Gasteiger partial charge on any atom is 0.272 e. The Morgan fingerprint density at radius 3 is 2.18 bits per heavy atom. The van der Waals surface area contributed by atoms with Gasteiger partial charge in [0.05, 0.1) is 10.8 Å². The van der Waals surface area contributed by atoms with Gasteiger partial charge >= 0.3 is 0 Å². The summed E-state index contributed by atoms with van der Waals surface area (Å²) in [5.41, 5.74) is 5.14. The van der Waals surface area contributed by atoms with Crippen molar-refractivity contribution < 1.29 is 9.78 Å². The molecule has 0 atom stereocenters. The number of benzene rings is 1. The van der Waals surface area contributed by atoms with E-state index in [1.54, 1.807) is 18.2 Å². The fourth-order valence-electron chi connectivity index (χ4n) is 1.34. The van der Waals surface area contributed by atoms with E-state index < -0.39 is 0 Å². The van der Waals surface area contributed by atoms with Gasteiger partial charge in [-0.05, 0) is 12.1 Å². The van der Waals surface area contributed by atoms with Crippen molar-refractivity contribution >= 4 is 16.5 Å². The second-order valence-corrected chi connectivity index (χ2v) is 3.32. The van der Waals surface area contributed by atoms with Crippen LogP contribution < -0.4 is 16.9 Å². The van der Waals surface area contributed by atoms with Crippen LogP contribution in [0.25, 0.3) is 10.8 Å². The summed E-state index contributed by atoms with van der Waals surface area (Å²) in [5, 5.41) is 4.98. The van der Waals surface area contributed by atoms with Gasteiger partial charge in [-0.2, -0.15) is 0 Å². The maximum absolute atomic E-state index is 11.2. The third-order valence-electron chi connectivity index (χ3n) is 2.19. The van der Waals surface area contributed by atoms with Crippen LogP contribution in [0.1, 0.15) is 0 Å². The predicted molar refractivity (Wildman–Crippen MR) is 61.5 cm³/mol. The highest BCUT2D eigenvalue weighted by Gasteiger charge is 2.04. The summed E-state index contributed by atoms with van der Waals surface area (Å²) in [6.07, 6.45) is 0. The second-order valence-electron chi connectivity index (χ2n) is 3.32. The third kappa shape index (κ3) is 2.35. The van der Waals surface area contributed by atoms with E-state index in [0.717, 1.165) is 13.2 Å². The van der Waals surface area contributed by atoms with E-state index in [2.05, 4.69) is 20.0 Å². The molecule has 0 aliphatic carbocycles. The number of nitrogens with one attached hydrogen (secondary N) is 2. The first-order chi connectivity index (χ1) is 8.20. The Morgan fingerprint density at radius 1 is 1.06 bits per heavy atom. The van der Waals surface area contributed by atoms with Gasteiger partial charge in [0.25, 0.3) is 11.1 Å². The molecule has 2 aromatic rings. The summed E-state index contributed by atoms with van der Waals surface area (Å²) in [5.74, 6) is 0. The van der Waals surface area contributed by atoms with E-state index in [-0.39, 0.29) is 16.5 Å². The number of hydrogen-bond acceptors (Lipinski definition) is 5. The number of hydrogen-bond donors (Lipinski definition) is 3. The Labute approximate surface area is 95.1 Å². The van der Waals surface area contributed by atoms with Crippen LogP contribution in [0.5, 0.6) is 0 Å². The zero-order valence-electron chi connectivity index (χ0n) is 8.86. The molecule has 1 aromatic heterocycles. The van der Waals surface area contributed by atoms with E-state index >= 15 is 0 Å². The normalized spacial score (nSPS) is 13.6. The Kier molecular flexibility index (Phi) is 3.22. The summed E-state index contributed by atoms with van der Waals surface area (Å²) in [7, 11) is 0. The number of rotatable bonds is 0. The minimum atomic E-state index is -0.382. The summed E-state index contributed by atoms with van der Waals surface area (Å²) >= 11 is 0. The molecule has 0 spiro atoms. The quantitative estimate of drug-likeness (QED) is 0.432. The highest BCUT2D eigenvalue weighted by Crippen LogP contribution is 2.11. The molecule has 1 aromatic carbocycles. The number of anilines is 1. The molecular weight excluding hydrogens is 226 g/mol. The summed E-state index contributed by atoms with van der Waals surface area (Å²) < 4.78 is 0. The van der Waals surface area contributed by atoms with Gasteiger partial charge in [0, 0.05) is 5.69 Å². The van der Waals surface area contributed by atoms with Crippen LogP contribution in [0.15, 0.2) is 27.8 Å². The lowest BCUT2D eigenvalue weighted by Crippen LogP contribution is -2.19. The first kappa shape index (κ1) is 11.4. The van der Waals surface area contributed by atoms with E-state index in [1.807, 2.05) is 0 Å². The monoisotopic (exact) mass is 237 g/mol. The van der Waals surface area contributed by atoms with E-state index in [1.165, 1.54) is 0 Å². The number of aromatic nitrogens is 2. The average molecular weight is 237 g/mol. The minimum absolute atomic E-state index is 0.242. The van der Waals surface area contributed by atoms with Crippen molar-refractivity contribution in [2.45, 2.75) is 0 Å². The molecular formula is C10H11N3O4. The van der Waals surface area contributed by atoms with Crippen LogP contribution >= 0.6 is 0 Å². The van der Waals surface area contributed by atoms with Crippen molar-refractivity contribution in [2.75, 3.05) is 18.9 Å². The number of fused-ring (bicyclic) bond motifs is 1. The third-order valence-corrected chi connectivity index (χ3v) is 2.19. The molecule has 0 unspecified atom stereocenters. The topological polar surface area (TPSA) is 110 Å². The number of nitrogen functional groups attached to an aromatic ring is 1. The van der Waals surface area contributed by atoms with Crippen LogP contribution in [0.2, 0.25) is 0 Å². The van der Waals surface area contributed by atoms with E-state index in [9.17, 15) is 9.59 Å². The van der Waals surface area contributed by atoms with Crippen LogP contribution in [-0.2, 0) is 9.78 Å². The van der Waals surface area contributed by atoms with Crippen LogP contribution in [0.4, 0.5) is 5.69 Å². The number of nitrogens with two attached hydrogens (primary N) is 1. The first-order valence-corrected chi connectivity index (χ1v) is 4.93. The highest BCUT2D eigenvalue weighted by atomic mass is 17.2. The van der Waals surface area contributed by atoms with Gasteiger partial charge in [-0.3, -0.25) is 19.8 Å². The van der Waals surface area contributed by atoms with Crippen molar-refractivity contribution in [3.63, 3.8) is 0 Å². The fourth-order valence-corrected chi connectivity index (χ4v) is 1.34. The number of H-pyrrole nitrogens is 2. The van der Waals surface area contributed by atoms with Crippen LogP contribution in [0.3, 0.4) is 0 Å². The molecule has 7 heteroatoms. The SMILES string of the molecule is C1COO1.Nc1cccc2c(=O)[nH][nH]c(=O)c12. The van der Waals surface area contributed by atoms with Gasteiger partial charge < -0.3 is 5.73 Å². The molecule has 2 heterocycles. The lowest BCUT2D eigenvalue weighted by atomic mass is 10.2. The van der Waals surface area contributed by atoms with Crippen molar-refractivity contribution in [2.24, 2.45) is 0 Å². The van der Waals surface area contributed by atoms with Gasteiger partial charge in [-0.25, -0.2) is 9.78 Å². The Hall–Kier alpha value is -2.12. The Morgan fingerprint density at radius 2 is 1.65 bits per heavy atom. The minimum Gasteiger partial charge on any atom is -0.398 e. The van der Waals surface area contributed by atoms with Gasteiger partial charge in [0.15, 0.2) is 0 Å². The Balaban J connectivity index is 0.000000228. The molecule has 0 saturated carbocycles. The lowest BCUT2D eigenvalue weighted by Gasteiger charge is -2.08. The largest absolute Gasteiger partial charge is 0.398 e. The van der Waals surface area contributed by atoms with E-state index in [4.69, 9.17) is 5.73 Å². The van der Waals surface area contributed by atoms with Crippen molar-refractivity contribution in [1.29, 1.82) is 0 Å². The highest BCUT2D eigenvalue weighted by molar-refractivity contribution is 5.91. The smallest absolute Gasteiger partial charge is 0.272 e. The molecule has 0 radical (unpaired) electrons. The summed E-state index contributed by atoms with van der Waals surface area (Å²) in [6.45, 7) is 1.56. The Bertz CT molecular complexity index is 623. The van der Waals surface area contributed by atoms with E-state index in [0.29, 0.717) is 11.1 Å². The van der Waals surface area contributed by atoms with Crippen molar-refractivity contribution in [1.82, 2.24) is 10.2 Å². The van der Waals surface area contributed by atoms with Gasteiger partial charge in [-0.1, -0.05) is 6.07 Å². The van der Waals surface area contributed by atoms with Crippen molar-refractivity contribution in [3.05, 3.63) is 38.9 Å². The molecule has 1 aliphatic rings. The molecule has 4 N–H and O–H groups in total. The fraction of sp³-hybridized carbons (Fsp3) is 0.200. The first-order valence-electron chi connectivity index (χ1n) is 4.93. The molecule has 7 nitrogen and oxygen atoms in total. The standard InChI is InChI=1S/C8H7N3O2.C2H4O2/c9-5-3-1-2-4-6(5)8(13)11-10-7(4)12;1-2-4-3-1/h1-3H,9H2,(H,10,12)(H,11,13);1-2H2. The van der Waals surface area contributed by atoms with Gasteiger partial charge in [0.1, 0.15) is 13.2 Å². The van der Waals surface area contributed by atoms with Gasteiger partial charge in [-0.15, -0.1) is 0 Å². The predicted octanol–water partition coefficient (Wildman–Crippen LogP) is -0.253. The molecule has 0 amide bonds. The van der Waals surface area contributed by atoms with Crippen LogP contribution in [-0.4, -0.2) is 23.4 Å². The lowest BCUT2D eigenvalue weighted by molar-refractivity contribution is -0.382. The number of aromatic amines is 2. The maximum atomic E-state index is 11.2. The summed E-state index contributed by atoms with van der Waals surface area (Å²) in [6, 6.07) is 4.77. The summed E-state index contributed by atoms with van der Waals surface area (Å²) in [4.78, 5) is 30.9. The second kappa shape index (κ2) is 4.81. The van der Waals surface area contributed by atoms with Crippen molar-refractivity contribution in [3.8, 4) is 0 Å². The zero-order chi connectivity index (χ0) is 12.3. The molecule has 17 heavy (non-hydrogen) atoms. The van der Waals surface area contributed by atoms with Gasteiger partial charge in [0.2, 0.25) is 0 Å². The molecule has 1 saturated heterocycles. The average Bonchev–Trinajstić information content (AvgIpc) is 2.21. The molecule has 1 aliphatic heterocycles. The van der Waals surface area contributed by atoms with Crippen LogP contribution in [0, 0.1) is 0 Å². The molecule has 90 valence electrons. The molecule has 0 bridgehead atoms. The zero-order valence-corrected chi connectivity index (χ0v) is 8.86. The molecule has 3 rings (SSSR count). The molecule has 1 fully saturated rings.